The lowest BCUT2D eigenvalue weighted by Crippen LogP contribution is -2.34. The summed E-state index contributed by atoms with van der Waals surface area (Å²) in [7, 11) is 0. The first-order valence-corrected chi connectivity index (χ1v) is 3.91. The monoisotopic (exact) mass is 189 g/mol. The van der Waals surface area contributed by atoms with Gasteiger partial charge in [0, 0.05) is 0 Å². The van der Waals surface area contributed by atoms with Crippen molar-refractivity contribution in [1.29, 1.82) is 0 Å². The summed E-state index contributed by atoms with van der Waals surface area (Å²) in [6.07, 6.45) is -1.14. The van der Waals surface area contributed by atoms with Crippen molar-refractivity contribution in [2.24, 2.45) is 5.16 Å². The number of oxime groups is 1. The van der Waals surface area contributed by atoms with Crippen LogP contribution >= 0.6 is 0 Å². The first-order chi connectivity index (χ1) is 5.78. The maximum Gasteiger partial charge on any atom is 0.359 e. The van der Waals surface area contributed by atoms with E-state index in [1.54, 1.807) is 20.8 Å². The number of ether oxygens (including phenoxy) is 1. The Morgan fingerprint density at radius 2 is 1.92 bits per heavy atom. The minimum atomic E-state index is -1.14. The minimum Gasteiger partial charge on any atom is -0.455 e. The molecule has 13 heavy (non-hydrogen) atoms. The maximum atomic E-state index is 11.2. The van der Waals surface area contributed by atoms with Crippen LogP contribution in [-0.4, -0.2) is 33.7 Å². The number of hydrogen-bond acceptors (Lipinski definition) is 5. The predicted molar refractivity (Wildman–Crippen MR) is 46.7 cm³/mol. The molecule has 0 saturated heterocycles. The molecule has 0 aromatic rings. The third-order valence-electron chi connectivity index (χ3n) is 1.11. The first kappa shape index (κ1) is 11.9. The van der Waals surface area contributed by atoms with Crippen molar-refractivity contribution in [3.63, 3.8) is 0 Å². The molecule has 0 aliphatic heterocycles. The molecule has 76 valence electrons. The van der Waals surface area contributed by atoms with Crippen molar-refractivity contribution in [3.05, 3.63) is 0 Å². The van der Waals surface area contributed by atoms with Crippen LogP contribution in [0.5, 0.6) is 0 Å². The SMILES string of the molecule is CC(O)/C(=N/O)C(=O)OC(C)(C)C. The van der Waals surface area contributed by atoms with Crippen LogP contribution in [0.1, 0.15) is 27.7 Å². The summed E-state index contributed by atoms with van der Waals surface area (Å²) in [5, 5.41) is 20.0. The molecule has 1 unspecified atom stereocenters. The van der Waals surface area contributed by atoms with E-state index >= 15 is 0 Å². The van der Waals surface area contributed by atoms with Gasteiger partial charge in [0.2, 0.25) is 0 Å². The Morgan fingerprint density at radius 3 is 2.15 bits per heavy atom. The summed E-state index contributed by atoms with van der Waals surface area (Å²) in [6, 6.07) is 0. The number of rotatable bonds is 2. The number of nitrogens with zero attached hydrogens (tertiary/aromatic N) is 1. The zero-order valence-electron chi connectivity index (χ0n) is 8.24. The van der Waals surface area contributed by atoms with Crippen molar-refractivity contribution < 1.29 is 19.8 Å². The molecule has 0 aliphatic carbocycles. The highest BCUT2D eigenvalue weighted by Crippen LogP contribution is 2.08. The fourth-order valence-corrected chi connectivity index (χ4v) is 0.625. The highest BCUT2D eigenvalue weighted by Gasteiger charge is 2.24. The zero-order chi connectivity index (χ0) is 10.6. The van der Waals surface area contributed by atoms with Crippen LogP contribution in [0.2, 0.25) is 0 Å². The molecule has 0 aromatic carbocycles. The van der Waals surface area contributed by atoms with Gasteiger partial charge in [-0.2, -0.15) is 0 Å². The standard InChI is InChI=1S/C8H15NO4/c1-5(10)6(9-12)7(11)13-8(2,3)4/h5,10,12H,1-4H3/b9-6-. The highest BCUT2D eigenvalue weighted by molar-refractivity contribution is 6.37. The van der Waals surface area contributed by atoms with Gasteiger partial charge in [0.1, 0.15) is 11.7 Å². The minimum absolute atomic E-state index is 0.394. The second kappa shape index (κ2) is 4.23. The first-order valence-electron chi connectivity index (χ1n) is 3.91. The number of esters is 1. The Morgan fingerprint density at radius 1 is 1.46 bits per heavy atom. The lowest BCUT2D eigenvalue weighted by atomic mass is 10.2. The van der Waals surface area contributed by atoms with E-state index in [4.69, 9.17) is 15.1 Å². The fraction of sp³-hybridized carbons (Fsp3) is 0.750. The third-order valence-corrected chi connectivity index (χ3v) is 1.11. The Bertz CT molecular complexity index is 215. The van der Waals surface area contributed by atoms with Crippen molar-refractivity contribution in [2.75, 3.05) is 0 Å². The van der Waals surface area contributed by atoms with Crippen LogP contribution in [-0.2, 0) is 9.53 Å². The van der Waals surface area contributed by atoms with Crippen molar-refractivity contribution in [3.8, 4) is 0 Å². The molecule has 0 rings (SSSR count). The van der Waals surface area contributed by atoms with Crippen LogP contribution in [0.15, 0.2) is 5.16 Å². The Kier molecular flexibility index (Phi) is 3.87. The molecule has 0 fully saturated rings. The molecule has 0 bridgehead atoms. The highest BCUT2D eigenvalue weighted by atomic mass is 16.6. The van der Waals surface area contributed by atoms with Crippen LogP contribution in [0.3, 0.4) is 0 Å². The van der Waals surface area contributed by atoms with E-state index < -0.39 is 23.4 Å². The average Bonchev–Trinajstić information content (AvgIpc) is 1.82. The predicted octanol–water partition coefficient (Wildman–Crippen LogP) is 0.539. The van der Waals surface area contributed by atoms with Gasteiger partial charge in [-0.25, -0.2) is 4.79 Å². The molecule has 0 saturated carbocycles. The van der Waals surface area contributed by atoms with Gasteiger partial charge in [-0.1, -0.05) is 5.16 Å². The summed E-state index contributed by atoms with van der Waals surface area (Å²) in [5.74, 6) is -0.815. The van der Waals surface area contributed by atoms with Crippen molar-refractivity contribution in [2.45, 2.75) is 39.4 Å². The van der Waals surface area contributed by atoms with E-state index in [-0.39, 0.29) is 0 Å². The number of aliphatic hydroxyl groups excluding tert-OH is 1. The fourth-order valence-electron chi connectivity index (χ4n) is 0.625. The summed E-state index contributed by atoms with van der Waals surface area (Å²) in [5.41, 5.74) is -1.06. The van der Waals surface area contributed by atoms with Crippen molar-refractivity contribution in [1.82, 2.24) is 0 Å². The van der Waals surface area contributed by atoms with Gasteiger partial charge in [-0.05, 0) is 27.7 Å². The molecular weight excluding hydrogens is 174 g/mol. The van der Waals surface area contributed by atoms with E-state index in [9.17, 15) is 4.79 Å². The number of hydrogen-bond donors (Lipinski definition) is 2. The van der Waals surface area contributed by atoms with Gasteiger partial charge in [-0.15, -0.1) is 0 Å². The lowest BCUT2D eigenvalue weighted by Gasteiger charge is -2.20. The maximum absolute atomic E-state index is 11.2. The average molecular weight is 189 g/mol. The molecule has 5 heteroatoms. The van der Waals surface area contributed by atoms with E-state index in [1.165, 1.54) is 6.92 Å². The van der Waals surface area contributed by atoms with Gasteiger partial charge in [0.15, 0.2) is 5.71 Å². The molecule has 0 aliphatic rings. The molecule has 0 amide bonds. The quantitative estimate of drug-likeness (QED) is 0.287. The molecule has 5 nitrogen and oxygen atoms in total. The second-order valence-electron chi connectivity index (χ2n) is 3.66. The molecule has 2 N–H and O–H groups in total. The Labute approximate surface area is 77.0 Å². The lowest BCUT2D eigenvalue weighted by molar-refractivity contribution is -0.146. The summed E-state index contributed by atoms with van der Waals surface area (Å²) in [6.45, 7) is 6.37. The molecular formula is C8H15NO4. The Hall–Kier alpha value is -1.10. The molecule has 0 radical (unpaired) electrons. The van der Waals surface area contributed by atoms with Crippen LogP contribution < -0.4 is 0 Å². The van der Waals surface area contributed by atoms with Gasteiger partial charge in [0.25, 0.3) is 0 Å². The van der Waals surface area contributed by atoms with Crippen molar-refractivity contribution >= 4 is 11.7 Å². The molecule has 0 spiro atoms. The zero-order valence-corrected chi connectivity index (χ0v) is 8.24. The van der Waals surface area contributed by atoms with Crippen LogP contribution in [0, 0.1) is 0 Å². The topological polar surface area (TPSA) is 79.1 Å². The van der Waals surface area contributed by atoms with Gasteiger partial charge in [-0.3, -0.25) is 0 Å². The van der Waals surface area contributed by atoms with Gasteiger partial charge >= 0.3 is 5.97 Å². The van der Waals surface area contributed by atoms with E-state index in [1.807, 2.05) is 0 Å². The molecule has 1 atom stereocenters. The number of carbonyl (C=O) groups is 1. The smallest absolute Gasteiger partial charge is 0.359 e. The van der Waals surface area contributed by atoms with Crippen LogP contribution in [0.4, 0.5) is 0 Å². The summed E-state index contributed by atoms with van der Waals surface area (Å²) >= 11 is 0. The molecule has 0 heterocycles. The largest absolute Gasteiger partial charge is 0.455 e. The van der Waals surface area contributed by atoms with Gasteiger partial charge < -0.3 is 15.1 Å². The van der Waals surface area contributed by atoms with E-state index in [2.05, 4.69) is 5.16 Å². The second-order valence-corrected chi connectivity index (χ2v) is 3.66. The normalized spacial score (nSPS) is 15.3. The Balaban J connectivity index is 4.43. The number of carbonyl (C=O) groups excluding carboxylic acids is 1. The van der Waals surface area contributed by atoms with E-state index in [0.717, 1.165) is 0 Å². The van der Waals surface area contributed by atoms with Crippen LogP contribution in [0.25, 0.3) is 0 Å². The number of aliphatic hydroxyl groups is 1. The van der Waals surface area contributed by atoms with E-state index in [0.29, 0.717) is 0 Å². The molecule has 0 aromatic heterocycles. The van der Waals surface area contributed by atoms with Gasteiger partial charge in [0.05, 0.1) is 0 Å². The summed E-state index contributed by atoms with van der Waals surface area (Å²) < 4.78 is 4.86. The third kappa shape index (κ3) is 4.47. The summed E-state index contributed by atoms with van der Waals surface area (Å²) in [4.78, 5) is 11.2.